The molecule has 0 rings (SSSR count). The number of aliphatic carboxylic acids is 1. The second kappa shape index (κ2) is 6.20. The smallest absolute Gasteiger partial charge is 0.390 e. The molecule has 102 valence electrons. The lowest BCUT2D eigenvalue weighted by Crippen LogP contribution is -2.49. The highest BCUT2D eigenvalue weighted by molar-refractivity contribution is 5.78. The Kier molecular flexibility index (Phi) is 5.91. The van der Waals surface area contributed by atoms with E-state index in [1.165, 1.54) is 18.9 Å². The quantitative estimate of drug-likeness (QED) is 0.721. The van der Waals surface area contributed by atoms with E-state index in [0.717, 1.165) is 0 Å². The Morgan fingerprint density at radius 2 is 1.76 bits per heavy atom. The lowest BCUT2D eigenvalue weighted by Gasteiger charge is -2.27. The van der Waals surface area contributed by atoms with Crippen molar-refractivity contribution in [3.63, 3.8) is 0 Å². The summed E-state index contributed by atoms with van der Waals surface area (Å²) in [6.45, 7) is 1.68. The summed E-state index contributed by atoms with van der Waals surface area (Å²) in [4.78, 5) is 12.4. The number of carboxylic acids is 1. The van der Waals surface area contributed by atoms with E-state index in [4.69, 9.17) is 5.11 Å². The van der Waals surface area contributed by atoms with Crippen molar-refractivity contribution in [2.45, 2.75) is 31.5 Å². The molecular weight excluding hydrogens is 237 g/mol. The Hall–Kier alpha value is -0.820. The summed E-state index contributed by atoms with van der Waals surface area (Å²) >= 11 is 0. The van der Waals surface area contributed by atoms with Crippen LogP contribution in [0.2, 0.25) is 0 Å². The Labute approximate surface area is 98.8 Å². The molecule has 17 heavy (non-hydrogen) atoms. The third kappa shape index (κ3) is 6.48. The predicted molar refractivity (Wildman–Crippen MR) is 57.9 cm³/mol. The number of likely N-dealkylation sites (N-methyl/N-ethyl adjacent to an activating group) is 1. The van der Waals surface area contributed by atoms with Crippen LogP contribution in [0, 0.1) is 0 Å². The van der Waals surface area contributed by atoms with Gasteiger partial charge in [-0.25, -0.2) is 0 Å². The van der Waals surface area contributed by atoms with Crippen LogP contribution in [0.3, 0.4) is 0 Å². The third-order valence-electron chi connectivity index (χ3n) is 2.79. The van der Waals surface area contributed by atoms with Gasteiger partial charge in [0, 0.05) is 13.1 Å². The minimum Gasteiger partial charge on any atom is -0.480 e. The van der Waals surface area contributed by atoms with E-state index in [2.05, 4.69) is 5.32 Å². The maximum absolute atomic E-state index is 12.0. The summed E-state index contributed by atoms with van der Waals surface area (Å²) in [6, 6.07) is 0. The number of nitrogens with one attached hydrogen (secondary N) is 1. The van der Waals surface area contributed by atoms with E-state index in [1.807, 2.05) is 0 Å². The van der Waals surface area contributed by atoms with E-state index in [0.29, 0.717) is 6.54 Å². The molecule has 0 saturated carbocycles. The largest absolute Gasteiger partial charge is 0.480 e. The van der Waals surface area contributed by atoms with E-state index in [1.54, 1.807) is 7.05 Å². The molecule has 0 aliphatic carbocycles. The van der Waals surface area contributed by atoms with Crippen molar-refractivity contribution in [3.05, 3.63) is 0 Å². The second-order valence-electron chi connectivity index (χ2n) is 4.31. The zero-order chi connectivity index (χ0) is 13.7. The molecule has 0 radical (unpaired) electrons. The summed E-state index contributed by atoms with van der Waals surface area (Å²) in [5.41, 5.74) is -1.10. The first-order chi connectivity index (χ1) is 7.60. The van der Waals surface area contributed by atoms with Gasteiger partial charge in [0.25, 0.3) is 0 Å². The van der Waals surface area contributed by atoms with E-state index >= 15 is 0 Å². The fourth-order valence-electron chi connectivity index (χ4n) is 1.18. The molecule has 1 unspecified atom stereocenters. The van der Waals surface area contributed by atoms with Crippen LogP contribution in [0.15, 0.2) is 0 Å². The summed E-state index contributed by atoms with van der Waals surface area (Å²) in [6.07, 6.45) is -4.81. The van der Waals surface area contributed by atoms with Gasteiger partial charge in [-0.2, -0.15) is 13.2 Å². The summed E-state index contributed by atoms with van der Waals surface area (Å²) in [5, 5.41) is 11.6. The highest BCUT2D eigenvalue weighted by atomic mass is 19.4. The zero-order valence-corrected chi connectivity index (χ0v) is 10.3. The minimum atomic E-state index is -4.17. The van der Waals surface area contributed by atoms with Crippen LogP contribution in [0.25, 0.3) is 0 Å². The maximum Gasteiger partial charge on any atom is 0.390 e. The first-order valence-electron chi connectivity index (χ1n) is 5.28. The van der Waals surface area contributed by atoms with Crippen LogP contribution < -0.4 is 5.32 Å². The number of rotatable bonds is 7. The second-order valence-corrected chi connectivity index (χ2v) is 4.31. The fourth-order valence-corrected chi connectivity index (χ4v) is 1.18. The van der Waals surface area contributed by atoms with Crippen molar-refractivity contribution in [1.29, 1.82) is 0 Å². The molecule has 4 nitrogen and oxygen atoms in total. The van der Waals surface area contributed by atoms with Gasteiger partial charge in [0.15, 0.2) is 0 Å². The highest BCUT2D eigenvalue weighted by Gasteiger charge is 2.31. The van der Waals surface area contributed by atoms with Crippen LogP contribution in [0.1, 0.15) is 19.8 Å². The summed E-state index contributed by atoms with van der Waals surface area (Å²) < 4.78 is 35.9. The SMILES string of the molecule is CNC(C)(CCN(C)CCC(F)(F)F)C(=O)O. The number of carbonyl (C=O) groups is 1. The van der Waals surface area contributed by atoms with Crippen molar-refractivity contribution >= 4 is 5.97 Å². The molecule has 0 aliphatic heterocycles. The van der Waals surface area contributed by atoms with Gasteiger partial charge in [-0.05, 0) is 27.4 Å². The number of hydrogen-bond acceptors (Lipinski definition) is 3. The third-order valence-corrected chi connectivity index (χ3v) is 2.79. The Morgan fingerprint density at radius 3 is 2.12 bits per heavy atom. The normalized spacial score (nSPS) is 15.9. The molecular formula is C10H19F3N2O2. The van der Waals surface area contributed by atoms with Crippen LogP contribution in [0.4, 0.5) is 13.2 Å². The molecule has 0 bridgehead atoms. The lowest BCUT2D eigenvalue weighted by molar-refractivity contribution is -0.145. The topological polar surface area (TPSA) is 52.6 Å². The van der Waals surface area contributed by atoms with Crippen LogP contribution >= 0.6 is 0 Å². The minimum absolute atomic E-state index is 0.122. The van der Waals surface area contributed by atoms with Crippen LogP contribution in [-0.4, -0.2) is 54.9 Å². The first-order valence-corrected chi connectivity index (χ1v) is 5.28. The van der Waals surface area contributed by atoms with Gasteiger partial charge in [0.2, 0.25) is 0 Å². The summed E-state index contributed by atoms with van der Waals surface area (Å²) in [7, 11) is 3.06. The number of alkyl halides is 3. The molecule has 7 heteroatoms. The fraction of sp³-hybridized carbons (Fsp3) is 0.900. The van der Waals surface area contributed by atoms with Crippen molar-refractivity contribution in [2.75, 3.05) is 27.2 Å². The molecule has 2 N–H and O–H groups in total. The van der Waals surface area contributed by atoms with Crippen molar-refractivity contribution in [1.82, 2.24) is 10.2 Å². The van der Waals surface area contributed by atoms with Gasteiger partial charge in [-0.1, -0.05) is 0 Å². The molecule has 1 atom stereocenters. The molecule has 0 fully saturated rings. The van der Waals surface area contributed by atoms with Gasteiger partial charge in [-0.3, -0.25) is 4.79 Å². The van der Waals surface area contributed by atoms with Gasteiger partial charge in [0.05, 0.1) is 6.42 Å². The summed E-state index contributed by atoms with van der Waals surface area (Å²) in [5.74, 6) is -1.01. The molecule has 0 aromatic rings. The number of halogens is 3. The van der Waals surface area contributed by atoms with Crippen molar-refractivity contribution in [2.24, 2.45) is 0 Å². The standard InChI is InChI=1S/C10H19F3N2O2/c1-9(14-2,8(16)17)4-6-15(3)7-5-10(11,12)13/h14H,4-7H2,1-3H3,(H,16,17). The highest BCUT2D eigenvalue weighted by Crippen LogP contribution is 2.19. The lowest BCUT2D eigenvalue weighted by atomic mass is 9.98. The molecule has 0 aliphatic rings. The van der Waals surface area contributed by atoms with Gasteiger partial charge < -0.3 is 15.3 Å². The molecule has 0 aromatic carbocycles. The average molecular weight is 256 g/mol. The van der Waals surface area contributed by atoms with E-state index in [9.17, 15) is 18.0 Å². The Balaban J connectivity index is 4.06. The van der Waals surface area contributed by atoms with Gasteiger partial charge >= 0.3 is 12.1 Å². The monoisotopic (exact) mass is 256 g/mol. The average Bonchev–Trinajstić information content (AvgIpc) is 2.21. The van der Waals surface area contributed by atoms with Crippen LogP contribution in [-0.2, 0) is 4.79 Å². The van der Waals surface area contributed by atoms with E-state index in [-0.39, 0.29) is 13.0 Å². The van der Waals surface area contributed by atoms with Gasteiger partial charge in [0.1, 0.15) is 5.54 Å². The number of carboxylic acid groups (broad SMARTS) is 1. The maximum atomic E-state index is 12.0. The van der Waals surface area contributed by atoms with E-state index < -0.39 is 24.1 Å². The first kappa shape index (κ1) is 16.2. The number of nitrogens with zero attached hydrogens (tertiary/aromatic N) is 1. The molecule has 0 amide bonds. The Morgan fingerprint density at radius 1 is 1.29 bits per heavy atom. The Bertz CT molecular complexity index is 258. The molecule has 0 aromatic heterocycles. The molecule has 0 spiro atoms. The zero-order valence-electron chi connectivity index (χ0n) is 10.3. The van der Waals surface area contributed by atoms with Crippen molar-refractivity contribution < 1.29 is 23.1 Å². The molecule has 0 saturated heterocycles. The van der Waals surface area contributed by atoms with Gasteiger partial charge in [-0.15, -0.1) is 0 Å². The molecule has 0 heterocycles. The number of hydrogen-bond donors (Lipinski definition) is 2. The van der Waals surface area contributed by atoms with Crippen molar-refractivity contribution in [3.8, 4) is 0 Å². The predicted octanol–water partition coefficient (Wildman–Crippen LogP) is 1.32. The van der Waals surface area contributed by atoms with Crippen LogP contribution in [0.5, 0.6) is 0 Å².